The van der Waals surface area contributed by atoms with Crippen LogP contribution < -0.4 is 0 Å². The van der Waals surface area contributed by atoms with E-state index < -0.39 is 22.6 Å². The molecular formula is C5H10F2O3S. The van der Waals surface area contributed by atoms with Crippen molar-refractivity contribution in [3.63, 3.8) is 0 Å². The molecule has 6 heteroatoms. The van der Waals surface area contributed by atoms with E-state index in [4.69, 9.17) is 0 Å². The molecule has 11 heavy (non-hydrogen) atoms. The Bertz CT molecular complexity index is 200. The molecule has 68 valence electrons. The standard InChI is InChI=1S/C5H10F2O3S/c1-3-11(8,9)10-4(2)5(6)7/h4-5H,3H2,1-2H3. The van der Waals surface area contributed by atoms with Crippen LogP contribution in [0.15, 0.2) is 0 Å². The van der Waals surface area contributed by atoms with Gasteiger partial charge in [0.05, 0.1) is 5.75 Å². The SMILES string of the molecule is CCS(=O)(=O)OC(C)C(F)F. The minimum atomic E-state index is -3.74. The van der Waals surface area contributed by atoms with Crippen molar-refractivity contribution in [2.24, 2.45) is 0 Å². The molecule has 0 aliphatic carbocycles. The zero-order valence-corrected chi connectivity index (χ0v) is 7.07. The monoisotopic (exact) mass is 188 g/mol. The second-order valence-electron chi connectivity index (χ2n) is 1.98. The van der Waals surface area contributed by atoms with Crippen LogP contribution in [0.4, 0.5) is 8.78 Å². The second kappa shape index (κ2) is 3.96. The average Bonchev–Trinajstić information content (AvgIpc) is 1.87. The predicted molar refractivity (Wildman–Crippen MR) is 36.0 cm³/mol. The quantitative estimate of drug-likeness (QED) is 0.618. The third-order valence-electron chi connectivity index (χ3n) is 1.01. The zero-order valence-electron chi connectivity index (χ0n) is 6.25. The highest BCUT2D eigenvalue weighted by Gasteiger charge is 2.21. The molecule has 3 nitrogen and oxygen atoms in total. The summed E-state index contributed by atoms with van der Waals surface area (Å²) in [5.41, 5.74) is 0. The molecule has 0 rings (SSSR count). The van der Waals surface area contributed by atoms with Crippen LogP contribution in [0.3, 0.4) is 0 Å². The first-order valence-electron chi connectivity index (χ1n) is 3.08. The zero-order chi connectivity index (χ0) is 9.07. The van der Waals surface area contributed by atoms with E-state index >= 15 is 0 Å². The van der Waals surface area contributed by atoms with Crippen LogP contribution >= 0.6 is 0 Å². The van der Waals surface area contributed by atoms with Gasteiger partial charge in [0.25, 0.3) is 16.5 Å². The van der Waals surface area contributed by atoms with E-state index in [2.05, 4.69) is 4.18 Å². The Hall–Kier alpha value is -0.230. The van der Waals surface area contributed by atoms with Crippen molar-refractivity contribution in [1.29, 1.82) is 0 Å². The number of hydrogen-bond acceptors (Lipinski definition) is 3. The number of rotatable bonds is 4. The van der Waals surface area contributed by atoms with E-state index in [9.17, 15) is 17.2 Å². The fourth-order valence-electron chi connectivity index (χ4n) is 0.341. The summed E-state index contributed by atoms with van der Waals surface area (Å²) in [6, 6.07) is 0. The lowest BCUT2D eigenvalue weighted by Crippen LogP contribution is -2.23. The van der Waals surface area contributed by atoms with Gasteiger partial charge in [-0.25, -0.2) is 8.78 Å². The maximum atomic E-state index is 11.7. The summed E-state index contributed by atoms with van der Waals surface area (Å²) in [6.07, 6.45) is -4.32. The van der Waals surface area contributed by atoms with Gasteiger partial charge in [-0.2, -0.15) is 8.42 Å². The van der Waals surface area contributed by atoms with Gasteiger partial charge in [-0.1, -0.05) is 0 Å². The molecular weight excluding hydrogens is 178 g/mol. The van der Waals surface area contributed by atoms with E-state index in [0.717, 1.165) is 6.92 Å². The lowest BCUT2D eigenvalue weighted by atomic mass is 10.4. The summed E-state index contributed by atoms with van der Waals surface area (Å²) in [6.45, 7) is 2.34. The fraction of sp³-hybridized carbons (Fsp3) is 1.00. The van der Waals surface area contributed by atoms with Gasteiger partial charge in [0.15, 0.2) is 0 Å². The largest absolute Gasteiger partial charge is 0.267 e. The van der Waals surface area contributed by atoms with Crippen molar-refractivity contribution < 1.29 is 21.4 Å². The van der Waals surface area contributed by atoms with Crippen LogP contribution in [0.2, 0.25) is 0 Å². The van der Waals surface area contributed by atoms with E-state index in [0.29, 0.717) is 0 Å². The molecule has 0 aliphatic rings. The van der Waals surface area contributed by atoms with Crippen molar-refractivity contribution >= 4 is 10.1 Å². The Morgan fingerprint density at radius 1 is 1.45 bits per heavy atom. The van der Waals surface area contributed by atoms with E-state index in [1.54, 1.807) is 0 Å². The van der Waals surface area contributed by atoms with Crippen LogP contribution in [0.1, 0.15) is 13.8 Å². The van der Waals surface area contributed by atoms with Gasteiger partial charge < -0.3 is 0 Å². The van der Waals surface area contributed by atoms with Crippen molar-refractivity contribution in [3.8, 4) is 0 Å². The van der Waals surface area contributed by atoms with Crippen LogP contribution in [0.25, 0.3) is 0 Å². The minimum Gasteiger partial charge on any atom is -0.261 e. The summed E-state index contributed by atoms with van der Waals surface area (Å²) in [7, 11) is -3.74. The predicted octanol–water partition coefficient (Wildman–Crippen LogP) is 1.01. The molecule has 0 aromatic rings. The van der Waals surface area contributed by atoms with Gasteiger partial charge in [-0.05, 0) is 13.8 Å². The number of alkyl halides is 2. The molecule has 0 saturated carbocycles. The van der Waals surface area contributed by atoms with E-state index in [1.807, 2.05) is 0 Å². The molecule has 0 aliphatic heterocycles. The number of hydrogen-bond donors (Lipinski definition) is 0. The first-order chi connectivity index (χ1) is 4.89. The normalized spacial score (nSPS) is 15.4. The lowest BCUT2D eigenvalue weighted by molar-refractivity contribution is 0.0263. The highest BCUT2D eigenvalue weighted by molar-refractivity contribution is 7.86. The molecule has 0 spiro atoms. The van der Waals surface area contributed by atoms with Gasteiger partial charge in [0.2, 0.25) is 0 Å². The molecule has 0 N–H and O–H groups in total. The van der Waals surface area contributed by atoms with E-state index in [1.165, 1.54) is 6.92 Å². The van der Waals surface area contributed by atoms with E-state index in [-0.39, 0.29) is 5.75 Å². The maximum Gasteiger partial charge on any atom is 0.267 e. The van der Waals surface area contributed by atoms with Crippen molar-refractivity contribution in [3.05, 3.63) is 0 Å². The first-order valence-corrected chi connectivity index (χ1v) is 4.66. The third kappa shape index (κ3) is 4.26. The molecule has 0 heterocycles. The van der Waals surface area contributed by atoms with Crippen molar-refractivity contribution in [2.45, 2.75) is 26.4 Å². The summed E-state index contributed by atoms with van der Waals surface area (Å²) >= 11 is 0. The molecule has 0 amide bonds. The Kier molecular flexibility index (Phi) is 3.88. The van der Waals surface area contributed by atoms with Crippen LogP contribution in [0.5, 0.6) is 0 Å². The summed E-state index contributed by atoms with van der Waals surface area (Å²) < 4.78 is 48.6. The second-order valence-corrected chi connectivity index (χ2v) is 3.87. The molecule has 0 saturated heterocycles. The highest BCUT2D eigenvalue weighted by Crippen LogP contribution is 2.08. The van der Waals surface area contributed by atoms with Gasteiger partial charge in [-0.15, -0.1) is 0 Å². The molecule has 0 aromatic carbocycles. The van der Waals surface area contributed by atoms with Crippen LogP contribution in [0, 0.1) is 0 Å². The third-order valence-corrected chi connectivity index (χ3v) is 2.31. The Labute approximate surface area is 64.5 Å². The molecule has 0 fully saturated rings. The molecule has 1 unspecified atom stereocenters. The Balaban J connectivity index is 4.05. The highest BCUT2D eigenvalue weighted by atomic mass is 32.2. The Morgan fingerprint density at radius 3 is 2.18 bits per heavy atom. The van der Waals surface area contributed by atoms with Crippen molar-refractivity contribution in [2.75, 3.05) is 5.75 Å². The molecule has 0 bridgehead atoms. The van der Waals surface area contributed by atoms with Gasteiger partial charge in [0, 0.05) is 0 Å². The minimum absolute atomic E-state index is 0.288. The molecule has 1 atom stereocenters. The number of halogens is 2. The maximum absolute atomic E-state index is 11.7. The van der Waals surface area contributed by atoms with Gasteiger partial charge in [0.1, 0.15) is 6.10 Å². The fourth-order valence-corrected chi connectivity index (χ4v) is 1.02. The lowest BCUT2D eigenvalue weighted by Gasteiger charge is -2.09. The Morgan fingerprint density at radius 2 is 1.91 bits per heavy atom. The van der Waals surface area contributed by atoms with Crippen LogP contribution in [-0.2, 0) is 14.3 Å². The topological polar surface area (TPSA) is 43.4 Å². The van der Waals surface area contributed by atoms with Crippen LogP contribution in [-0.4, -0.2) is 26.7 Å². The van der Waals surface area contributed by atoms with Gasteiger partial charge >= 0.3 is 0 Å². The summed E-state index contributed by atoms with van der Waals surface area (Å²) in [4.78, 5) is 0. The molecule has 0 radical (unpaired) electrons. The van der Waals surface area contributed by atoms with Gasteiger partial charge in [-0.3, -0.25) is 4.18 Å². The molecule has 0 aromatic heterocycles. The first kappa shape index (κ1) is 10.8. The smallest absolute Gasteiger partial charge is 0.261 e. The average molecular weight is 188 g/mol. The summed E-state index contributed by atoms with van der Waals surface area (Å²) in [5.74, 6) is -0.288. The summed E-state index contributed by atoms with van der Waals surface area (Å²) in [5, 5.41) is 0. The van der Waals surface area contributed by atoms with Crippen molar-refractivity contribution in [1.82, 2.24) is 0 Å².